The fourth-order valence-electron chi connectivity index (χ4n) is 2.01. The average Bonchev–Trinajstić information content (AvgIpc) is 3.00. The van der Waals surface area contributed by atoms with Crippen LogP contribution < -0.4 is 0 Å². The van der Waals surface area contributed by atoms with Crippen LogP contribution in [0.1, 0.15) is 31.7 Å². The maximum absolute atomic E-state index is 8.78. The summed E-state index contributed by atoms with van der Waals surface area (Å²) < 4.78 is 11.5. The molecule has 0 bridgehead atoms. The first-order chi connectivity index (χ1) is 8.27. The van der Waals surface area contributed by atoms with Crippen molar-refractivity contribution in [2.75, 3.05) is 6.61 Å². The van der Waals surface area contributed by atoms with E-state index in [0.717, 1.165) is 24.8 Å². The highest BCUT2D eigenvalue weighted by Gasteiger charge is 2.54. The molecule has 1 heterocycles. The van der Waals surface area contributed by atoms with E-state index in [1.165, 1.54) is 0 Å². The maximum Gasteiger partial charge on any atom is 0.195 e. The van der Waals surface area contributed by atoms with Crippen molar-refractivity contribution in [2.45, 2.75) is 44.7 Å². The molecule has 1 aromatic rings. The number of ether oxygens (including phenoxy) is 2. The molecule has 94 valence electrons. The zero-order valence-electron chi connectivity index (χ0n) is 10.3. The largest absolute Gasteiger partial charge is 0.396 e. The van der Waals surface area contributed by atoms with Crippen LogP contribution in [0.5, 0.6) is 0 Å². The van der Waals surface area contributed by atoms with E-state index in [9.17, 15) is 0 Å². The summed E-state index contributed by atoms with van der Waals surface area (Å²) in [5.74, 6) is -0.398. The summed E-state index contributed by atoms with van der Waals surface area (Å²) in [6, 6.07) is 10.1. The Bertz CT molecular complexity index is 339. The van der Waals surface area contributed by atoms with E-state index in [1.54, 1.807) is 0 Å². The third kappa shape index (κ3) is 3.28. The van der Waals surface area contributed by atoms with Crippen LogP contribution >= 0.6 is 0 Å². The first kappa shape index (κ1) is 12.6. The molecule has 1 fully saturated rings. The lowest BCUT2D eigenvalue weighted by atomic mass is 10.1. The van der Waals surface area contributed by atoms with Crippen LogP contribution in [-0.4, -0.2) is 23.6 Å². The molecule has 0 amide bonds. The van der Waals surface area contributed by atoms with Crippen molar-refractivity contribution >= 4 is 0 Å². The summed E-state index contributed by atoms with van der Waals surface area (Å²) in [7, 11) is 0. The van der Waals surface area contributed by atoms with Crippen LogP contribution in [0, 0.1) is 0 Å². The topological polar surface area (TPSA) is 42.0 Å². The normalized spacial score (nSPS) is 27.1. The molecule has 0 unspecified atom stereocenters. The fourth-order valence-corrected chi connectivity index (χ4v) is 2.01. The second-order valence-electron chi connectivity index (χ2n) is 4.53. The van der Waals surface area contributed by atoms with E-state index < -0.39 is 5.79 Å². The summed E-state index contributed by atoms with van der Waals surface area (Å²) in [5, 5.41) is 8.78. The molecule has 1 N–H and O–H groups in total. The molecule has 0 saturated carbocycles. The minimum atomic E-state index is -0.398. The number of hydrogen-bond donors (Lipinski definition) is 1. The zero-order chi connectivity index (χ0) is 12.1. The van der Waals surface area contributed by atoms with Crippen molar-refractivity contribution < 1.29 is 14.6 Å². The highest BCUT2D eigenvalue weighted by molar-refractivity contribution is 5.13. The Morgan fingerprint density at radius 1 is 1.29 bits per heavy atom. The highest BCUT2D eigenvalue weighted by Crippen LogP contribution is 2.42. The number of unbranched alkanes of at least 4 members (excludes halogenated alkanes) is 1. The van der Waals surface area contributed by atoms with Crippen molar-refractivity contribution in [3.63, 3.8) is 0 Å². The predicted octanol–water partition coefficient (Wildman–Crippen LogP) is 2.48. The summed E-state index contributed by atoms with van der Waals surface area (Å²) in [4.78, 5) is 0. The standard InChI is InChI=1S/C14H20O3/c1-12-14(17-12,9-5-6-10-15)16-11-13-7-3-2-4-8-13/h2-4,7-8,12,15H,5-6,9-11H2,1H3/t12-,14-/m1/s1. The molecule has 0 radical (unpaired) electrons. The van der Waals surface area contributed by atoms with Crippen molar-refractivity contribution in [1.82, 2.24) is 0 Å². The molecule has 0 aromatic heterocycles. The van der Waals surface area contributed by atoms with Gasteiger partial charge in [0.1, 0.15) is 6.10 Å². The van der Waals surface area contributed by atoms with Crippen molar-refractivity contribution in [1.29, 1.82) is 0 Å². The van der Waals surface area contributed by atoms with Crippen molar-refractivity contribution in [3.05, 3.63) is 35.9 Å². The van der Waals surface area contributed by atoms with Gasteiger partial charge in [-0.2, -0.15) is 0 Å². The minimum absolute atomic E-state index is 0.171. The lowest BCUT2D eigenvalue weighted by Gasteiger charge is -2.13. The Kier molecular flexibility index (Phi) is 4.15. The highest BCUT2D eigenvalue weighted by atomic mass is 16.8. The van der Waals surface area contributed by atoms with Gasteiger partial charge in [0.2, 0.25) is 0 Å². The third-order valence-corrected chi connectivity index (χ3v) is 3.20. The molecule has 0 spiro atoms. The number of benzene rings is 1. The molecule has 2 rings (SSSR count). The summed E-state index contributed by atoms with van der Waals surface area (Å²) in [6.45, 7) is 2.86. The van der Waals surface area contributed by atoms with E-state index in [4.69, 9.17) is 14.6 Å². The van der Waals surface area contributed by atoms with Crippen LogP contribution in [0.15, 0.2) is 30.3 Å². The van der Waals surface area contributed by atoms with Gasteiger partial charge in [0, 0.05) is 13.0 Å². The van der Waals surface area contributed by atoms with Gasteiger partial charge in [-0.25, -0.2) is 0 Å². The lowest BCUT2D eigenvalue weighted by Crippen LogP contribution is -2.19. The van der Waals surface area contributed by atoms with Crippen LogP contribution in [-0.2, 0) is 16.1 Å². The van der Waals surface area contributed by atoms with E-state index in [1.807, 2.05) is 25.1 Å². The number of epoxide rings is 1. The lowest BCUT2D eigenvalue weighted by molar-refractivity contribution is -0.0611. The van der Waals surface area contributed by atoms with Crippen LogP contribution in [0.25, 0.3) is 0 Å². The third-order valence-electron chi connectivity index (χ3n) is 3.20. The van der Waals surface area contributed by atoms with Gasteiger partial charge >= 0.3 is 0 Å². The second kappa shape index (κ2) is 5.63. The SMILES string of the molecule is C[C@H]1O[C@@]1(CCCCO)OCc1ccccc1. The molecular formula is C14H20O3. The van der Waals surface area contributed by atoms with Gasteiger partial charge in [-0.05, 0) is 25.3 Å². The molecule has 1 saturated heterocycles. The molecule has 1 aliphatic rings. The minimum Gasteiger partial charge on any atom is -0.396 e. The fraction of sp³-hybridized carbons (Fsp3) is 0.571. The predicted molar refractivity (Wildman–Crippen MR) is 65.4 cm³/mol. The molecule has 3 nitrogen and oxygen atoms in total. The zero-order valence-corrected chi connectivity index (χ0v) is 10.3. The van der Waals surface area contributed by atoms with Gasteiger partial charge in [-0.1, -0.05) is 30.3 Å². The Balaban J connectivity index is 1.80. The molecule has 3 heteroatoms. The number of hydrogen-bond acceptors (Lipinski definition) is 3. The quantitative estimate of drug-likeness (QED) is 0.584. The van der Waals surface area contributed by atoms with E-state index in [-0.39, 0.29) is 12.7 Å². The number of rotatable bonds is 7. The molecule has 1 aromatic carbocycles. The molecule has 0 aliphatic carbocycles. The number of aliphatic hydroxyl groups is 1. The number of aliphatic hydroxyl groups excluding tert-OH is 1. The van der Waals surface area contributed by atoms with E-state index in [2.05, 4.69) is 12.1 Å². The molecule has 1 aliphatic heterocycles. The molecule has 2 atom stereocenters. The summed E-state index contributed by atoms with van der Waals surface area (Å²) in [6.07, 6.45) is 2.79. The van der Waals surface area contributed by atoms with Crippen LogP contribution in [0.4, 0.5) is 0 Å². The van der Waals surface area contributed by atoms with E-state index >= 15 is 0 Å². The monoisotopic (exact) mass is 236 g/mol. The average molecular weight is 236 g/mol. The van der Waals surface area contributed by atoms with E-state index in [0.29, 0.717) is 6.61 Å². The Morgan fingerprint density at radius 2 is 2.00 bits per heavy atom. The van der Waals surface area contributed by atoms with Gasteiger partial charge in [0.05, 0.1) is 6.61 Å². The van der Waals surface area contributed by atoms with Crippen molar-refractivity contribution in [3.8, 4) is 0 Å². The van der Waals surface area contributed by atoms with Gasteiger partial charge in [0.15, 0.2) is 5.79 Å². The van der Waals surface area contributed by atoms with Gasteiger partial charge in [-0.15, -0.1) is 0 Å². The van der Waals surface area contributed by atoms with Crippen molar-refractivity contribution in [2.24, 2.45) is 0 Å². The Morgan fingerprint density at radius 3 is 2.59 bits per heavy atom. The van der Waals surface area contributed by atoms with Gasteiger partial charge in [-0.3, -0.25) is 0 Å². The maximum atomic E-state index is 8.78. The molecular weight excluding hydrogens is 216 g/mol. The first-order valence-electron chi connectivity index (χ1n) is 6.23. The second-order valence-corrected chi connectivity index (χ2v) is 4.53. The summed E-state index contributed by atoms with van der Waals surface area (Å²) >= 11 is 0. The van der Waals surface area contributed by atoms with Crippen LogP contribution in [0.2, 0.25) is 0 Å². The molecule has 17 heavy (non-hydrogen) atoms. The van der Waals surface area contributed by atoms with Crippen LogP contribution in [0.3, 0.4) is 0 Å². The van der Waals surface area contributed by atoms with Gasteiger partial charge in [0.25, 0.3) is 0 Å². The Labute approximate surface area is 102 Å². The smallest absolute Gasteiger partial charge is 0.195 e. The van der Waals surface area contributed by atoms with Gasteiger partial charge < -0.3 is 14.6 Å². The Hall–Kier alpha value is -0.900. The summed E-state index contributed by atoms with van der Waals surface area (Å²) in [5.41, 5.74) is 1.16. The first-order valence-corrected chi connectivity index (χ1v) is 6.23.